The summed E-state index contributed by atoms with van der Waals surface area (Å²) in [5.74, 6) is 0.121. The second-order valence-electron chi connectivity index (χ2n) is 4.87. The summed E-state index contributed by atoms with van der Waals surface area (Å²) in [6, 6.07) is 9.71. The van der Waals surface area contributed by atoms with Crippen LogP contribution < -0.4 is 5.73 Å². The highest BCUT2D eigenvalue weighted by Crippen LogP contribution is 2.13. The van der Waals surface area contributed by atoms with Crippen LogP contribution in [0.25, 0.3) is 0 Å². The van der Waals surface area contributed by atoms with Crippen molar-refractivity contribution in [2.24, 2.45) is 10.9 Å². The van der Waals surface area contributed by atoms with Crippen LogP contribution in [0.15, 0.2) is 52.4 Å². The Morgan fingerprint density at radius 2 is 2.05 bits per heavy atom. The fourth-order valence-corrected chi connectivity index (χ4v) is 2.52. The summed E-state index contributed by atoms with van der Waals surface area (Å²) in [5.41, 5.74) is 8.56. The van der Waals surface area contributed by atoms with Gasteiger partial charge < -0.3 is 10.9 Å². The van der Waals surface area contributed by atoms with Gasteiger partial charge in [-0.3, -0.25) is 9.88 Å². The number of oxime groups is 1. The molecular formula is C15H17BrN4O. The van der Waals surface area contributed by atoms with Crippen LogP contribution in [0.2, 0.25) is 0 Å². The van der Waals surface area contributed by atoms with Gasteiger partial charge in [-0.1, -0.05) is 23.4 Å². The van der Waals surface area contributed by atoms with Gasteiger partial charge >= 0.3 is 0 Å². The molecule has 0 amide bonds. The Morgan fingerprint density at radius 3 is 2.76 bits per heavy atom. The highest BCUT2D eigenvalue weighted by atomic mass is 79.9. The van der Waals surface area contributed by atoms with E-state index in [1.807, 2.05) is 37.5 Å². The molecule has 0 aliphatic carbocycles. The van der Waals surface area contributed by atoms with Crippen LogP contribution in [0.1, 0.15) is 16.7 Å². The lowest BCUT2D eigenvalue weighted by Crippen LogP contribution is -2.18. The van der Waals surface area contributed by atoms with E-state index in [1.165, 1.54) is 0 Å². The summed E-state index contributed by atoms with van der Waals surface area (Å²) >= 11 is 3.42. The molecule has 0 aliphatic heterocycles. The Balaban J connectivity index is 2.04. The lowest BCUT2D eigenvalue weighted by Gasteiger charge is -2.17. The number of hydrogen-bond acceptors (Lipinski definition) is 4. The minimum Gasteiger partial charge on any atom is -0.409 e. The summed E-state index contributed by atoms with van der Waals surface area (Å²) in [7, 11) is 2.04. The Kier molecular flexibility index (Phi) is 5.30. The molecule has 2 aromatic rings. The number of nitrogens with zero attached hydrogens (tertiary/aromatic N) is 3. The predicted octanol–water partition coefficient (Wildman–Crippen LogP) is 2.57. The molecule has 0 unspecified atom stereocenters. The zero-order valence-corrected chi connectivity index (χ0v) is 13.3. The average molecular weight is 349 g/mol. The number of hydrogen-bond donors (Lipinski definition) is 2. The lowest BCUT2D eigenvalue weighted by atomic mass is 10.1. The maximum atomic E-state index is 8.72. The third-order valence-electron chi connectivity index (χ3n) is 3.00. The summed E-state index contributed by atoms with van der Waals surface area (Å²) < 4.78 is 0.974. The summed E-state index contributed by atoms with van der Waals surface area (Å²) in [6.45, 7) is 1.55. The number of halogens is 1. The van der Waals surface area contributed by atoms with Crippen molar-refractivity contribution >= 4 is 21.8 Å². The molecule has 0 bridgehead atoms. The lowest BCUT2D eigenvalue weighted by molar-refractivity contribution is 0.317. The van der Waals surface area contributed by atoms with E-state index in [2.05, 4.69) is 37.0 Å². The van der Waals surface area contributed by atoms with Gasteiger partial charge in [0.1, 0.15) is 0 Å². The normalized spacial score (nSPS) is 11.9. The van der Waals surface area contributed by atoms with Gasteiger partial charge in [0.15, 0.2) is 5.84 Å². The molecule has 1 aromatic heterocycles. The zero-order chi connectivity index (χ0) is 15.2. The quantitative estimate of drug-likeness (QED) is 0.377. The second kappa shape index (κ2) is 7.19. The molecule has 3 N–H and O–H groups in total. The van der Waals surface area contributed by atoms with Crippen molar-refractivity contribution in [1.29, 1.82) is 0 Å². The van der Waals surface area contributed by atoms with E-state index in [1.54, 1.807) is 6.20 Å². The van der Waals surface area contributed by atoms with Gasteiger partial charge in [0.2, 0.25) is 0 Å². The molecule has 0 atom stereocenters. The molecule has 5 nitrogen and oxygen atoms in total. The van der Waals surface area contributed by atoms with Gasteiger partial charge in [-0.2, -0.15) is 0 Å². The van der Waals surface area contributed by atoms with Crippen molar-refractivity contribution in [2.75, 3.05) is 7.05 Å². The third kappa shape index (κ3) is 4.54. The van der Waals surface area contributed by atoms with Gasteiger partial charge in [0, 0.05) is 35.5 Å². The summed E-state index contributed by atoms with van der Waals surface area (Å²) in [5, 5.41) is 11.7. The molecule has 110 valence electrons. The maximum absolute atomic E-state index is 8.72. The van der Waals surface area contributed by atoms with Crippen molar-refractivity contribution in [1.82, 2.24) is 9.88 Å². The number of benzene rings is 1. The van der Waals surface area contributed by atoms with Crippen molar-refractivity contribution in [3.63, 3.8) is 0 Å². The zero-order valence-electron chi connectivity index (χ0n) is 11.7. The van der Waals surface area contributed by atoms with E-state index in [-0.39, 0.29) is 5.84 Å². The molecule has 0 radical (unpaired) electrons. The fraction of sp³-hybridized carbons (Fsp3) is 0.200. The van der Waals surface area contributed by atoms with Crippen LogP contribution in [0.4, 0.5) is 0 Å². The molecule has 0 fully saturated rings. The monoisotopic (exact) mass is 348 g/mol. The fourth-order valence-electron chi connectivity index (χ4n) is 2.11. The van der Waals surface area contributed by atoms with E-state index in [9.17, 15) is 0 Å². The molecule has 1 aromatic carbocycles. The van der Waals surface area contributed by atoms with Crippen LogP contribution in [-0.2, 0) is 13.1 Å². The maximum Gasteiger partial charge on any atom is 0.170 e. The third-order valence-corrected chi connectivity index (χ3v) is 3.43. The Hall–Kier alpha value is -1.92. The van der Waals surface area contributed by atoms with Crippen LogP contribution in [-0.4, -0.2) is 28.0 Å². The first-order valence-corrected chi connectivity index (χ1v) is 7.22. The summed E-state index contributed by atoms with van der Waals surface area (Å²) in [4.78, 5) is 6.33. The second-order valence-corrected chi connectivity index (χ2v) is 5.78. The van der Waals surface area contributed by atoms with E-state index in [0.29, 0.717) is 5.56 Å². The number of pyridine rings is 1. The van der Waals surface area contributed by atoms with Crippen LogP contribution in [0.3, 0.4) is 0 Å². The molecule has 2 rings (SSSR count). The number of nitrogens with two attached hydrogens (primary N) is 1. The van der Waals surface area contributed by atoms with Crippen LogP contribution in [0.5, 0.6) is 0 Å². The minimum absolute atomic E-state index is 0.121. The molecule has 0 saturated carbocycles. The van der Waals surface area contributed by atoms with Crippen LogP contribution >= 0.6 is 15.9 Å². The molecule has 0 saturated heterocycles. The first kappa shape index (κ1) is 15.5. The van der Waals surface area contributed by atoms with E-state index in [0.717, 1.165) is 28.7 Å². The Bertz CT molecular complexity index is 645. The number of amidine groups is 1. The van der Waals surface area contributed by atoms with Gasteiger partial charge in [0.05, 0.1) is 0 Å². The average Bonchev–Trinajstić information content (AvgIpc) is 2.46. The highest BCUT2D eigenvalue weighted by Gasteiger charge is 2.05. The standard InChI is InChI=1S/C15H17BrN4O/c1-20(10-12-6-14(16)8-18-7-12)9-11-3-2-4-13(5-11)15(17)19-21/h2-8,21H,9-10H2,1H3,(H2,17,19). The van der Waals surface area contributed by atoms with Gasteiger partial charge in [-0.15, -0.1) is 0 Å². The predicted molar refractivity (Wildman–Crippen MR) is 86.1 cm³/mol. The van der Waals surface area contributed by atoms with Gasteiger partial charge in [-0.05, 0) is 46.2 Å². The SMILES string of the molecule is CN(Cc1cncc(Br)c1)Cc1cccc(/C(N)=N/O)c1. The molecular weight excluding hydrogens is 332 g/mol. The molecule has 0 aliphatic rings. The first-order valence-electron chi connectivity index (χ1n) is 6.43. The minimum atomic E-state index is 0.121. The molecule has 21 heavy (non-hydrogen) atoms. The van der Waals surface area contributed by atoms with Crippen LogP contribution in [0, 0.1) is 0 Å². The van der Waals surface area contributed by atoms with Crippen molar-refractivity contribution in [3.8, 4) is 0 Å². The number of rotatable bonds is 5. The Morgan fingerprint density at radius 1 is 1.29 bits per heavy atom. The van der Waals surface area contributed by atoms with Crippen molar-refractivity contribution in [2.45, 2.75) is 13.1 Å². The summed E-state index contributed by atoms with van der Waals surface area (Å²) in [6.07, 6.45) is 3.62. The molecule has 0 spiro atoms. The highest BCUT2D eigenvalue weighted by molar-refractivity contribution is 9.10. The largest absolute Gasteiger partial charge is 0.409 e. The smallest absolute Gasteiger partial charge is 0.170 e. The topological polar surface area (TPSA) is 74.7 Å². The number of aromatic nitrogens is 1. The first-order chi connectivity index (χ1) is 10.1. The molecule has 1 heterocycles. The van der Waals surface area contributed by atoms with Gasteiger partial charge in [-0.25, -0.2) is 0 Å². The van der Waals surface area contributed by atoms with Gasteiger partial charge in [0.25, 0.3) is 0 Å². The van der Waals surface area contributed by atoms with E-state index >= 15 is 0 Å². The van der Waals surface area contributed by atoms with Crippen molar-refractivity contribution in [3.05, 3.63) is 63.9 Å². The van der Waals surface area contributed by atoms with E-state index in [4.69, 9.17) is 10.9 Å². The Labute approximate surface area is 132 Å². The van der Waals surface area contributed by atoms with E-state index < -0.39 is 0 Å². The van der Waals surface area contributed by atoms with Crippen molar-refractivity contribution < 1.29 is 5.21 Å². The molecule has 6 heteroatoms.